The molecule has 0 aromatic rings. The van der Waals surface area contributed by atoms with Crippen LogP contribution in [0.5, 0.6) is 0 Å². The maximum Gasteiger partial charge on any atom is 0.211 e. The SMILES string of the molecule is CS(=O)(=O)N1CC(NC[CH-]O)C1.[CH3-].[Y]. The van der Waals surface area contributed by atoms with Gasteiger partial charge in [0, 0.05) is 51.8 Å². The summed E-state index contributed by atoms with van der Waals surface area (Å²) < 4.78 is 23.1. The minimum atomic E-state index is -3.00. The number of hydrogen-bond acceptors (Lipinski definition) is 4. The topological polar surface area (TPSA) is 69.6 Å². The van der Waals surface area contributed by atoms with Crippen molar-refractivity contribution in [3.8, 4) is 0 Å². The van der Waals surface area contributed by atoms with Crippen LogP contribution in [0.15, 0.2) is 0 Å². The van der Waals surface area contributed by atoms with E-state index < -0.39 is 10.0 Å². The number of aliphatic hydroxyl groups is 1. The third kappa shape index (κ3) is 5.14. The molecule has 1 fully saturated rings. The first-order chi connectivity index (χ1) is 5.54. The first kappa shape index (κ1) is 17.3. The number of aliphatic hydroxyl groups excluding tert-OH is 1. The molecule has 5 nitrogen and oxygen atoms in total. The Morgan fingerprint density at radius 3 is 2.43 bits per heavy atom. The molecule has 0 amide bonds. The summed E-state index contributed by atoms with van der Waals surface area (Å²) in [6.45, 7) is 2.44. The fourth-order valence-corrected chi connectivity index (χ4v) is 1.96. The van der Waals surface area contributed by atoms with Crippen LogP contribution in [0.3, 0.4) is 0 Å². The van der Waals surface area contributed by atoms with E-state index >= 15 is 0 Å². The molecule has 0 bridgehead atoms. The summed E-state index contributed by atoms with van der Waals surface area (Å²) in [4.78, 5) is 0. The molecule has 1 aliphatic heterocycles. The zero-order chi connectivity index (χ0) is 9.19. The Kier molecular flexibility index (Phi) is 8.97. The quantitative estimate of drug-likeness (QED) is 0.667. The van der Waals surface area contributed by atoms with Gasteiger partial charge in [-0.05, 0) is 0 Å². The summed E-state index contributed by atoms with van der Waals surface area (Å²) in [6, 6.07) is 0.183. The van der Waals surface area contributed by atoms with E-state index in [1.165, 1.54) is 10.6 Å². The van der Waals surface area contributed by atoms with Crippen LogP contribution in [0.4, 0.5) is 0 Å². The van der Waals surface area contributed by atoms with Crippen LogP contribution in [-0.4, -0.2) is 49.8 Å². The fourth-order valence-electron chi connectivity index (χ4n) is 1.06. The molecule has 83 valence electrons. The van der Waals surface area contributed by atoms with Crippen molar-refractivity contribution in [1.29, 1.82) is 0 Å². The monoisotopic (exact) mass is 297 g/mol. The normalized spacial score (nSPS) is 17.9. The van der Waals surface area contributed by atoms with Crippen LogP contribution in [0.25, 0.3) is 0 Å². The zero-order valence-electron chi connectivity index (χ0n) is 8.47. The Morgan fingerprint density at radius 2 is 2.07 bits per heavy atom. The molecule has 0 aliphatic carbocycles. The maximum atomic E-state index is 10.9. The second kappa shape index (κ2) is 7.25. The number of nitrogens with one attached hydrogen (secondary N) is 1. The molecule has 0 saturated carbocycles. The Morgan fingerprint density at radius 1 is 1.57 bits per heavy atom. The zero-order valence-corrected chi connectivity index (χ0v) is 12.1. The average Bonchev–Trinajstić information content (AvgIpc) is 1.81. The van der Waals surface area contributed by atoms with Gasteiger partial charge in [0.25, 0.3) is 0 Å². The van der Waals surface area contributed by atoms with Crippen molar-refractivity contribution >= 4 is 10.0 Å². The summed E-state index contributed by atoms with van der Waals surface area (Å²) in [7, 11) is -3.00. The van der Waals surface area contributed by atoms with E-state index in [-0.39, 0.29) is 46.2 Å². The van der Waals surface area contributed by atoms with Crippen LogP contribution in [0, 0.1) is 14.0 Å². The molecule has 0 unspecified atom stereocenters. The van der Waals surface area contributed by atoms with Gasteiger partial charge in [0.1, 0.15) is 0 Å². The van der Waals surface area contributed by atoms with Crippen molar-refractivity contribution in [2.24, 2.45) is 0 Å². The summed E-state index contributed by atoms with van der Waals surface area (Å²) in [5, 5.41) is 11.3. The molecule has 0 aromatic carbocycles. The number of nitrogens with zero attached hydrogens (tertiary/aromatic N) is 1. The van der Waals surface area contributed by atoms with E-state index in [1.54, 1.807) is 0 Å². The predicted molar refractivity (Wildman–Crippen MR) is 50.9 cm³/mol. The van der Waals surface area contributed by atoms with E-state index in [1.807, 2.05) is 0 Å². The van der Waals surface area contributed by atoms with Gasteiger partial charge >= 0.3 is 0 Å². The molecule has 1 saturated heterocycles. The van der Waals surface area contributed by atoms with Crippen LogP contribution in [0.2, 0.25) is 0 Å². The van der Waals surface area contributed by atoms with Crippen molar-refractivity contribution in [3.05, 3.63) is 14.0 Å². The van der Waals surface area contributed by atoms with Crippen LogP contribution in [-0.2, 0) is 42.7 Å². The fraction of sp³-hybridized carbons (Fsp3) is 0.714. The smallest absolute Gasteiger partial charge is 0.211 e. The van der Waals surface area contributed by atoms with Gasteiger partial charge in [0.15, 0.2) is 0 Å². The van der Waals surface area contributed by atoms with Crippen molar-refractivity contribution in [1.82, 2.24) is 9.62 Å². The average molecular weight is 297 g/mol. The number of rotatable bonds is 4. The van der Waals surface area contributed by atoms with E-state index in [0.29, 0.717) is 19.6 Å². The van der Waals surface area contributed by atoms with Gasteiger partial charge in [-0.1, -0.05) is 0 Å². The van der Waals surface area contributed by atoms with Gasteiger partial charge in [-0.3, -0.25) is 0 Å². The van der Waals surface area contributed by atoms with E-state index in [4.69, 9.17) is 5.11 Å². The molecular weight excluding hydrogens is 281 g/mol. The van der Waals surface area contributed by atoms with Gasteiger partial charge in [-0.15, -0.1) is 6.54 Å². The Hall–Kier alpha value is 0.934. The molecule has 0 spiro atoms. The van der Waals surface area contributed by atoms with Gasteiger partial charge in [0.2, 0.25) is 10.0 Å². The third-order valence-electron chi connectivity index (χ3n) is 1.81. The predicted octanol–water partition coefficient (Wildman–Crippen LogP) is -0.798. The minimum absolute atomic E-state index is 0. The molecule has 7 heteroatoms. The maximum absolute atomic E-state index is 10.9. The molecular formula is C7H16N2O3SY-2. The van der Waals surface area contributed by atoms with Crippen LogP contribution < -0.4 is 5.32 Å². The largest absolute Gasteiger partial charge is 0.565 e. The van der Waals surface area contributed by atoms with Crippen molar-refractivity contribution in [3.63, 3.8) is 0 Å². The minimum Gasteiger partial charge on any atom is -0.565 e. The van der Waals surface area contributed by atoms with E-state index in [0.717, 1.165) is 6.61 Å². The molecule has 14 heavy (non-hydrogen) atoms. The van der Waals surface area contributed by atoms with Crippen molar-refractivity contribution in [2.75, 3.05) is 25.9 Å². The molecule has 0 aromatic heterocycles. The third-order valence-corrected chi connectivity index (χ3v) is 3.05. The summed E-state index contributed by atoms with van der Waals surface area (Å²) in [5.41, 5.74) is 0. The molecule has 1 radical (unpaired) electrons. The number of sulfonamides is 1. The van der Waals surface area contributed by atoms with E-state index in [2.05, 4.69) is 5.32 Å². The first-order valence-corrected chi connectivity index (χ1v) is 5.53. The molecule has 1 rings (SSSR count). The van der Waals surface area contributed by atoms with E-state index in [9.17, 15) is 8.42 Å². The molecule has 0 atom stereocenters. The Balaban J connectivity index is 0. The van der Waals surface area contributed by atoms with Gasteiger partial charge in [-0.25, -0.2) is 15.0 Å². The van der Waals surface area contributed by atoms with Crippen molar-refractivity contribution < 1.29 is 46.2 Å². The first-order valence-electron chi connectivity index (χ1n) is 3.68. The standard InChI is InChI=1S/C6H13N2O3S.CH3.Y/c1-12(10,11)8-4-6(5-8)7-2-3-9;;/h3,6-7,9H,2,4-5H2,1H3;1H3;/q2*-1;. The van der Waals surface area contributed by atoms with Crippen LogP contribution in [0.1, 0.15) is 0 Å². The van der Waals surface area contributed by atoms with Gasteiger partial charge in [0.05, 0.1) is 6.26 Å². The summed E-state index contributed by atoms with van der Waals surface area (Å²) in [5.74, 6) is 0. The second-order valence-electron chi connectivity index (χ2n) is 2.87. The Labute approximate surface area is 111 Å². The van der Waals surface area contributed by atoms with Gasteiger partial charge in [-0.2, -0.15) is 4.31 Å². The molecule has 2 N–H and O–H groups in total. The molecule has 1 heterocycles. The van der Waals surface area contributed by atoms with Gasteiger partial charge < -0.3 is 17.8 Å². The molecule has 1 aliphatic rings. The summed E-state index contributed by atoms with van der Waals surface area (Å²) in [6.07, 6.45) is 1.20. The second-order valence-corrected chi connectivity index (χ2v) is 4.85. The summed E-state index contributed by atoms with van der Waals surface area (Å²) >= 11 is 0. The van der Waals surface area contributed by atoms with Crippen molar-refractivity contribution in [2.45, 2.75) is 6.04 Å². The van der Waals surface area contributed by atoms with Crippen LogP contribution >= 0.6 is 0 Å². The number of hydrogen-bond donors (Lipinski definition) is 2. The Bertz CT molecular complexity index is 239.